The van der Waals surface area contributed by atoms with E-state index < -0.39 is 11.7 Å². The molecule has 4 rings (SSSR count). The van der Waals surface area contributed by atoms with Gasteiger partial charge in [0.15, 0.2) is 5.65 Å². The molecule has 0 fully saturated rings. The second-order valence-corrected chi connectivity index (χ2v) is 7.13. The first-order chi connectivity index (χ1) is 13.9. The smallest absolute Gasteiger partial charge is 0.416 e. The monoisotopic (exact) mass is 416 g/mol. The number of ether oxygens (including phenoxy) is 1. The Balaban J connectivity index is 1.58. The second kappa shape index (κ2) is 7.75. The van der Waals surface area contributed by atoms with Gasteiger partial charge in [0.25, 0.3) is 0 Å². The van der Waals surface area contributed by atoms with Crippen molar-refractivity contribution in [1.29, 1.82) is 0 Å². The van der Waals surface area contributed by atoms with Crippen LogP contribution in [0.3, 0.4) is 0 Å². The van der Waals surface area contributed by atoms with E-state index in [2.05, 4.69) is 15.3 Å². The summed E-state index contributed by atoms with van der Waals surface area (Å²) in [5, 5.41) is 13.3. The Morgan fingerprint density at radius 2 is 1.79 bits per heavy atom. The van der Waals surface area contributed by atoms with Crippen molar-refractivity contribution < 1.29 is 17.9 Å². The summed E-state index contributed by atoms with van der Waals surface area (Å²) in [5.74, 6) is 1.07. The average Bonchev–Trinajstić information content (AvgIpc) is 3.14. The zero-order chi connectivity index (χ0) is 20.4. The molecule has 0 amide bonds. The summed E-state index contributed by atoms with van der Waals surface area (Å²) in [6.45, 7) is 0. The molecular weight excluding hydrogens is 401 g/mol. The van der Waals surface area contributed by atoms with Crippen LogP contribution in [0.1, 0.15) is 11.1 Å². The van der Waals surface area contributed by atoms with Crippen molar-refractivity contribution in [3.63, 3.8) is 0 Å². The molecule has 0 aliphatic carbocycles. The van der Waals surface area contributed by atoms with Gasteiger partial charge in [-0.15, -0.1) is 10.2 Å². The number of hydrogen-bond donors (Lipinski definition) is 0. The van der Waals surface area contributed by atoms with Crippen LogP contribution in [0.25, 0.3) is 16.9 Å². The quantitative estimate of drug-likeness (QED) is 0.423. The van der Waals surface area contributed by atoms with E-state index in [0.717, 1.165) is 29.1 Å². The van der Waals surface area contributed by atoms with E-state index >= 15 is 0 Å². The fourth-order valence-electron chi connectivity index (χ4n) is 2.76. The minimum absolute atomic E-state index is 0.319. The van der Waals surface area contributed by atoms with Crippen molar-refractivity contribution in [3.05, 3.63) is 71.8 Å². The van der Waals surface area contributed by atoms with E-state index in [-0.39, 0.29) is 0 Å². The van der Waals surface area contributed by atoms with Crippen molar-refractivity contribution in [1.82, 2.24) is 19.8 Å². The normalized spacial score (nSPS) is 11.7. The summed E-state index contributed by atoms with van der Waals surface area (Å²) in [5.41, 5.74) is 2.07. The second-order valence-electron chi connectivity index (χ2n) is 6.19. The number of aromatic nitrogens is 4. The Hall–Kier alpha value is -3.07. The van der Waals surface area contributed by atoms with Crippen LogP contribution in [-0.4, -0.2) is 26.9 Å². The van der Waals surface area contributed by atoms with Gasteiger partial charge in [-0.1, -0.05) is 30.0 Å². The average molecular weight is 416 g/mol. The first-order valence-corrected chi connectivity index (χ1v) is 9.58. The molecule has 2 aromatic heterocycles. The molecular formula is C20H15F3N4OS. The van der Waals surface area contributed by atoms with Crippen LogP contribution in [0, 0.1) is 0 Å². The molecule has 4 aromatic rings. The number of hydrogen-bond acceptors (Lipinski definition) is 5. The fraction of sp³-hybridized carbons (Fsp3) is 0.150. The van der Waals surface area contributed by atoms with Gasteiger partial charge in [-0.05, 0) is 48.0 Å². The molecule has 0 aliphatic heterocycles. The van der Waals surface area contributed by atoms with Crippen LogP contribution in [0.15, 0.2) is 65.8 Å². The van der Waals surface area contributed by atoms with Crippen molar-refractivity contribution in [3.8, 4) is 17.0 Å². The fourth-order valence-corrected chi connectivity index (χ4v) is 3.59. The lowest BCUT2D eigenvalue weighted by atomic mass is 10.1. The highest BCUT2D eigenvalue weighted by atomic mass is 32.2. The predicted molar refractivity (Wildman–Crippen MR) is 104 cm³/mol. The summed E-state index contributed by atoms with van der Waals surface area (Å²) in [6.07, 6.45) is -4.36. The molecule has 0 saturated heterocycles. The number of benzene rings is 2. The van der Waals surface area contributed by atoms with Gasteiger partial charge in [0, 0.05) is 11.3 Å². The van der Waals surface area contributed by atoms with Gasteiger partial charge >= 0.3 is 6.18 Å². The van der Waals surface area contributed by atoms with Crippen LogP contribution < -0.4 is 4.74 Å². The Morgan fingerprint density at radius 3 is 2.52 bits per heavy atom. The minimum atomic E-state index is -4.36. The van der Waals surface area contributed by atoms with Gasteiger partial charge in [0.1, 0.15) is 5.75 Å². The zero-order valence-electron chi connectivity index (χ0n) is 15.2. The first-order valence-electron chi connectivity index (χ1n) is 8.60. The van der Waals surface area contributed by atoms with E-state index in [9.17, 15) is 13.2 Å². The molecule has 2 aromatic carbocycles. The van der Waals surface area contributed by atoms with Crippen molar-refractivity contribution in [2.75, 3.05) is 7.11 Å². The summed E-state index contributed by atoms with van der Waals surface area (Å²) in [6, 6.07) is 16.4. The van der Waals surface area contributed by atoms with Crippen molar-refractivity contribution in [2.45, 2.75) is 17.1 Å². The maximum atomic E-state index is 12.9. The standard InChI is InChI=1S/C20H15F3N4OS/c1-28-16-7-5-14(6-8-16)17-9-10-18-24-25-19(27(18)26-17)29-12-13-3-2-4-15(11-13)20(21,22)23/h2-11H,12H2,1H3. The van der Waals surface area contributed by atoms with E-state index in [4.69, 9.17) is 4.74 Å². The molecule has 2 heterocycles. The molecule has 0 unspecified atom stereocenters. The number of halogens is 3. The SMILES string of the molecule is COc1ccc(-c2ccc3nnc(SCc4cccc(C(F)(F)F)c4)n3n2)cc1. The lowest BCUT2D eigenvalue weighted by Gasteiger charge is -2.08. The van der Waals surface area contributed by atoms with Gasteiger partial charge in [-0.2, -0.15) is 22.8 Å². The molecule has 148 valence electrons. The van der Waals surface area contributed by atoms with Crippen LogP contribution in [0.5, 0.6) is 5.75 Å². The first kappa shape index (κ1) is 19.3. The van der Waals surface area contributed by atoms with Gasteiger partial charge in [0.05, 0.1) is 18.4 Å². The van der Waals surface area contributed by atoms with Gasteiger partial charge in [-0.3, -0.25) is 0 Å². The maximum Gasteiger partial charge on any atom is 0.416 e. The topological polar surface area (TPSA) is 52.3 Å². The molecule has 0 aliphatic rings. The molecule has 0 saturated carbocycles. The number of fused-ring (bicyclic) bond motifs is 1. The van der Waals surface area contributed by atoms with Crippen molar-refractivity contribution in [2.24, 2.45) is 0 Å². The molecule has 9 heteroatoms. The zero-order valence-corrected chi connectivity index (χ0v) is 16.0. The van der Waals surface area contributed by atoms with Crippen LogP contribution in [-0.2, 0) is 11.9 Å². The molecule has 0 bridgehead atoms. The molecule has 5 nitrogen and oxygen atoms in total. The number of alkyl halides is 3. The van der Waals surface area contributed by atoms with Crippen LogP contribution in [0.2, 0.25) is 0 Å². The Bertz CT molecular complexity index is 1140. The summed E-state index contributed by atoms with van der Waals surface area (Å²) < 4.78 is 45.4. The Kier molecular flexibility index (Phi) is 5.14. The third-order valence-electron chi connectivity index (χ3n) is 4.24. The molecule has 0 atom stereocenters. The summed E-state index contributed by atoms with van der Waals surface area (Å²) >= 11 is 1.28. The number of thioether (sulfide) groups is 1. The van der Waals surface area contributed by atoms with Crippen LogP contribution >= 0.6 is 11.8 Å². The van der Waals surface area contributed by atoms with Gasteiger partial charge in [0.2, 0.25) is 5.16 Å². The van der Waals surface area contributed by atoms with Crippen LogP contribution in [0.4, 0.5) is 13.2 Å². The molecule has 0 spiro atoms. The molecule has 29 heavy (non-hydrogen) atoms. The summed E-state index contributed by atoms with van der Waals surface area (Å²) in [7, 11) is 1.60. The van der Waals surface area contributed by atoms with Gasteiger partial charge < -0.3 is 4.74 Å². The minimum Gasteiger partial charge on any atom is -0.497 e. The number of rotatable bonds is 5. The maximum absolute atomic E-state index is 12.9. The largest absolute Gasteiger partial charge is 0.497 e. The summed E-state index contributed by atoms with van der Waals surface area (Å²) in [4.78, 5) is 0. The lowest BCUT2D eigenvalue weighted by molar-refractivity contribution is -0.137. The highest BCUT2D eigenvalue weighted by Gasteiger charge is 2.30. The predicted octanol–water partition coefficient (Wildman–Crippen LogP) is 5.11. The Labute approximate surface area is 168 Å². The van der Waals surface area contributed by atoms with E-state index in [1.165, 1.54) is 17.8 Å². The number of nitrogens with zero attached hydrogens (tertiary/aromatic N) is 4. The number of methoxy groups -OCH3 is 1. The van der Waals surface area contributed by atoms with Gasteiger partial charge in [-0.25, -0.2) is 0 Å². The van der Waals surface area contributed by atoms with E-state index in [1.54, 1.807) is 23.8 Å². The Morgan fingerprint density at radius 1 is 1.00 bits per heavy atom. The third kappa shape index (κ3) is 4.19. The highest BCUT2D eigenvalue weighted by Crippen LogP contribution is 2.31. The van der Waals surface area contributed by atoms with E-state index in [1.807, 2.05) is 30.3 Å². The molecule has 0 radical (unpaired) electrons. The lowest BCUT2D eigenvalue weighted by Crippen LogP contribution is -2.05. The third-order valence-corrected chi connectivity index (χ3v) is 5.23. The highest BCUT2D eigenvalue weighted by molar-refractivity contribution is 7.98. The van der Waals surface area contributed by atoms with E-state index in [0.29, 0.717) is 22.1 Å². The van der Waals surface area contributed by atoms with Crippen molar-refractivity contribution >= 4 is 17.4 Å². The molecule has 0 N–H and O–H groups in total.